The van der Waals surface area contributed by atoms with Crippen molar-refractivity contribution in [3.63, 3.8) is 0 Å². The number of alkyl carbamates (subject to hydrolysis) is 1. The summed E-state index contributed by atoms with van der Waals surface area (Å²) >= 11 is 0. The maximum absolute atomic E-state index is 12.6. The molecule has 1 amide bonds. The predicted molar refractivity (Wildman–Crippen MR) is 107 cm³/mol. The van der Waals surface area contributed by atoms with Crippen LogP contribution in [0.5, 0.6) is 0 Å². The molecule has 148 valence electrons. The summed E-state index contributed by atoms with van der Waals surface area (Å²) in [6.07, 6.45) is 4.78. The molecule has 3 rings (SSSR count). The molecule has 1 N–H and O–H groups in total. The SMILES string of the molecule is CC(C)[C@@H]1CC[C@@H](C)C[C@@H]1OC(=O)N[C@H]1C[C@H](c2ccccc2)CCC1=O. The van der Waals surface area contributed by atoms with E-state index in [1.165, 1.54) is 12.0 Å². The van der Waals surface area contributed by atoms with Gasteiger partial charge in [0, 0.05) is 6.42 Å². The van der Waals surface area contributed by atoms with Gasteiger partial charge >= 0.3 is 6.09 Å². The molecule has 0 unspecified atom stereocenters. The summed E-state index contributed by atoms with van der Waals surface area (Å²) in [7, 11) is 0. The van der Waals surface area contributed by atoms with Gasteiger partial charge in [0.2, 0.25) is 0 Å². The number of amides is 1. The highest BCUT2D eigenvalue weighted by Crippen LogP contribution is 2.36. The molecular formula is C23H33NO3. The lowest BCUT2D eigenvalue weighted by Crippen LogP contribution is -2.46. The first-order valence-electron chi connectivity index (χ1n) is 10.5. The third-order valence-corrected chi connectivity index (χ3v) is 6.43. The van der Waals surface area contributed by atoms with Gasteiger partial charge in [0.25, 0.3) is 0 Å². The molecule has 1 aromatic carbocycles. The number of hydrogen-bond donors (Lipinski definition) is 1. The topological polar surface area (TPSA) is 55.4 Å². The summed E-state index contributed by atoms with van der Waals surface area (Å²) in [5, 5.41) is 2.88. The van der Waals surface area contributed by atoms with Gasteiger partial charge in [0.1, 0.15) is 6.10 Å². The summed E-state index contributed by atoms with van der Waals surface area (Å²) in [5.41, 5.74) is 1.24. The lowest BCUT2D eigenvalue weighted by Gasteiger charge is -2.37. The Kier molecular flexibility index (Phi) is 6.56. The van der Waals surface area contributed by atoms with Crippen LogP contribution < -0.4 is 5.32 Å². The highest BCUT2D eigenvalue weighted by Gasteiger charge is 2.35. The minimum atomic E-state index is -0.435. The van der Waals surface area contributed by atoms with Crippen LogP contribution in [0.3, 0.4) is 0 Å². The van der Waals surface area contributed by atoms with Crippen LogP contribution in [0.15, 0.2) is 30.3 Å². The van der Waals surface area contributed by atoms with Gasteiger partial charge in [0.15, 0.2) is 5.78 Å². The van der Waals surface area contributed by atoms with E-state index in [4.69, 9.17) is 4.74 Å². The van der Waals surface area contributed by atoms with Crippen molar-refractivity contribution in [1.82, 2.24) is 5.32 Å². The summed E-state index contributed by atoms with van der Waals surface area (Å²) in [5.74, 6) is 1.92. The van der Waals surface area contributed by atoms with E-state index in [2.05, 4.69) is 38.2 Å². The van der Waals surface area contributed by atoms with Gasteiger partial charge in [-0.3, -0.25) is 4.79 Å². The molecule has 2 aliphatic rings. The van der Waals surface area contributed by atoms with Gasteiger partial charge in [-0.1, -0.05) is 57.5 Å². The van der Waals surface area contributed by atoms with Gasteiger partial charge in [-0.15, -0.1) is 0 Å². The van der Waals surface area contributed by atoms with Crippen LogP contribution in [-0.2, 0) is 9.53 Å². The Morgan fingerprint density at radius 1 is 1.11 bits per heavy atom. The number of ether oxygens (including phenoxy) is 1. The second kappa shape index (κ2) is 8.90. The summed E-state index contributed by atoms with van der Waals surface area (Å²) in [4.78, 5) is 24.9. The Hall–Kier alpha value is -1.84. The van der Waals surface area contributed by atoms with E-state index in [1.807, 2.05) is 18.2 Å². The van der Waals surface area contributed by atoms with Gasteiger partial charge in [-0.25, -0.2) is 4.79 Å². The number of carbonyl (C=O) groups is 2. The van der Waals surface area contributed by atoms with Crippen LogP contribution in [0.4, 0.5) is 4.79 Å². The Morgan fingerprint density at radius 3 is 2.56 bits per heavy atom. The number of carbonyl (C=O) groups excluding carboxylic acids is 2. The van der Waals surface area contributed by atoms with Crippen LogP contribution in [0, 0.1) is 17.8 Å². The van der Waals surface area contributed by atoms with Crippen LogP contribution >= 0.6 is 0 Å². The standard InChI is InChI=1S/C23H33NO3/c1-15(2)19-11-9-16(3)13-22(19)27-23(26)24-20-14-18(10-12-21(20)25)17-7-5-4-6-8-17/h4-8,15-16,18-20,22H,9-14H2,1-3H3,(H,24,26)/t16-,18-,19+,20+,22+/m1/s1. The maximum atomic E-state index is 12.6. The number of Topliss-reactive ketones (excluding diaryl/α,β-unsaturated/α-hetero) is 1. The Labute approximate surface area is 163 Å². The maximum Gasteiger partial charge on any atom is 0.408 e. The van der Waals surface area contributed by atoms with Crippen molar-refractivity contribution in [2.45, 2.75) is 77.4 Å². The summed E-state index contributed by atoms with van der Waals surface area (Å²) < 4.78 is 5.83. The van der Waals surface area contributed by atoms with E-state index in [-0.39, 0.29) is 11.9 Å². The molecule has 2 aliphatic carbocycles. The smallest absolute Gasteiger partial charge is 0.408 e. The van der Waals surface area contributed by atoms with E-state index in [0.29, 0.717) is 36.5 Å². The third kappa shape index (κ3) is 5.12. The first-order valence-corrected chi connectivity index (χ1v) is 10.5. The molecule has 0 spiro atoms. The minimum Gasteiger partial charge on any atom is -0.446 e. The zero-order chi connectivity index (χ0) is 19.4. The molecule has 1 aromatic rings. The van der Waals surface area contributed by atoms with Gasteiger partial charge in [-0.05, 0) is 54.9 Å². The van der Waals surface area contributed by atoms with Crippen molar-refractivity contribution in [3.05, 3.63) is 35.9 Å². The van der Waals surface area contributed by atoms with Crippen LogP contribution in [0.25, 0.3) is 0 Å². The van der Waals surface area contributed by atoms with Crippen molar-refractivity contribution in [3.8, 4) is 0 Å². The van der Waals surface area contributed by atoms with Crippen molar-refractivity contribution < 1.29 is 14.3 Å². The average molecular weight is 372 g/mol. The van der Waals surface area contributed by atoms with Crippen molar-refractivity contribution in [1.29, 1.82) is 0 Å². The van der Waals surface area contributed by atoms with Gasteiger partial charge in [-0.2, -0.15) is 0 Å². The summed E-state index contributed by atoms with van der Waals surface area (Å²) in [6, 6.07) is 9.83. The van der Waals surface area contributed by atoms with E-state index < -0.39 is 12.1 Å². The van der Waals surface area contributed by atoms with Crippen LogP contribution in [0.2, 0.25) is 0 Å². The molecule has 4 nitrogen and oxygen atoms in total. The molecule has 0 bridgehead atoms. The molecule has 4 heteroatoms. The average Bonchev–Trinajstić information content (AvgIpc) is 2.64. The zero-order valence-corrected chi connectivity index (χ0v) is 16.8. The third-order valence-electron chi connectivity index (χ3n) is 6.43. The van der Waals surface area contributed by atoms with Gasteiger partial charge in [0.05, 0.1) is 6.04 Å². The predicted octanol–water partition coefficient (Wildman–Crippen LogP) is 5.08. The molecule has 0 aliphatic heterocycles. The van der Waals surface area contributed by atoms with E-state index >= 15 is 0 Å². The molecular weight excluding hydrogens is 338 g/mol. The molecule has 0 radical (unpaired) electrons. The largest absolute Gasteiger partial charge is 0.446 e. The summed E-state index contributed by atoms with van der Waals surface area (Å²) in [6.45, 7) is 6.62. The fraction of sp³-hybridized carbons (Fsp3) is 0.652. The monoisotopic (exact) mass is 371 g/mol. The Balaban J connectivity index is 1.59. The van der Waals surface area contributed by atoms with Crippen molar-refractivity contribution >= 4 is 11.9 Å². The van der Waals surface area contributed by atoms with Crippen molar-refractivity contribution in [2.75, 3.05) is 0 Å². The first kappa shape index (κ1) is 19.9. The molecule has 0 saturated heterocycles. The van der Waals surface area contributed by atoms with E-state index in [0.717, 1.165) is 19.3 Å². The molecule has 0 heterocycles. The number of nitrogens with one attached hydrogen (secondary N) is 1. The molecule has 0 aromatic heterocycles. The zero-order valence-electron chi connectivity index (χ0n) is 16.8. The highest BCUT2D eigenvalue weighted by atomic mass is 16.6. The Morgan fingerprint density at radius 2 is 1.85 bits per heavy atom. The van der Waals surface area contributed by atoms with Crippen molar-refractivity contribution in [2.24, 2.45) is 17.8 Å². The normalized spacial score (nSPS) is 31.6. The number of hydrogen-bond acceptors (Lipinski definition) is 3. The second-order valence-corrected chi connectivity index (χ2v) is 8.82. The number of benzene rings is 1. The lowest BCUT2D eigenvalue weighted by molar-refractivity contribution is -0.122. The molecule has 5 atom stereocenters. The fourth-order valence-corrected chi connectivity index (χ4v) is 4.76. The Bertz CT molecular complexity index is 642. The number of rotatable bonds is 4. The fourth-order valence-electron chi connectivity index (χ4n) is 4.76. The molecule has 2 saturated carbocycles. The number of ketones is 1. The lowest BCUT2D eigenvalue weighted by atomic mass is 9.75. The van der Waals surface area contributed by atoms with Gasteiger partial charge < -0.3 is 10.1 Å². The minimum absolute atomic E-state index is 0.0441. The first-order chi connectivity index (χ1) is 12.9. The van der Waals surface area contributed by atoms with E-state index in [1.54, 1.807) is 0 Å². The molecule has 27 heavy (non-hydrogen) atoms. The highest BCUT2D eigenvalue weighted by molar-refractivity contribution is 5.88. The quantitative estimate of drug-likeness (QED) is 0.803. The van der Waals surface area contributed by atoms with Crippen LogP contribution in [-0.4, -0.2) is 24.0 Å². The van der Waals surface area contributed by atoms with E-state index in [9.17, 15) is 9.59 Å². The second-order valence-electron chi connectivity index (χ2n) is 8.82. The molecule has 2 fully saturated rings. The van der Waals surface area contributed by atoms with Crippen LogP contribution in [0.1, 0.15) is 70.8 Å².